The van der Waals surface area contributed by atoms with Gasteiger partial charge in [0.25, 0.3) is 0 Å². The third kappa shape index (κ3) is 1.30. The monoisotopic (exact) mass is 140 g/mol. The molecule has 1 aliphatic rings. The molecule has 0 saturated carbocycles. The number of aliphatic hydroxyl groups excluding tert-OH is 1. The Morgan fingerprint density at radius 1 is 1.80 bits per heavy atom. The number of hydrogen-bond donors (Lipinski definition) is 3. The van der Waals surface area contributed by atoms with Gasteiger partial charge in [0.05, 0.1) is 12.6 Å². The summed E-state index contributed by atoms with van der Waals surface area (Å²) in [6.07, 6.45) is 5.66. The smallest absolute Gasteiger partial charge is 0.0887 e. The quantitative estimate of drug-likeness (QED) is 0.487. The molecule has 0 bridgehead atoms. The molecular weight excluding hydrogens is 128 g/mol. The lowest BCUT2D eigenvalue weighted by Crippen LogP contribution is -2.36. The minimum Gasteiger partial charge on any atom is -0.394 e. The Kier molecular flexibility index (Phi) is 2.34. The largest absolute Gasteiger partial charge is 0.394 e. The molecular formula is C7H12N2O. The van der Waals surface area contributed by atoms with Crippen LogP contribution >= 0.6 is 0 Å². The number of allylic oxidation sites excluding steroid dienone is 2. The van der Waals surface area contributed by atoms with Gasteiger partial charge in [0, 0.05) is 12.7 Å². The fourth-order valence-electron chi connectivity index (χ4n) is 0.938. The lowest BCUT2D eigenvalue weighted by Gasteiger charge is -2.20. The molecule has 1 rings (SSSR count). The van der Waals surface area contributed by atoms with Gasteiger partial charge >= 0.3 is 0 Å². The van der Waals surface area contributed by atoms with Crippen LogP contribution in [0.15, 0.2) is 24.0 Å². The first-order valence-electron chi connectivity index (χ1n) is 3.30. The van der Waals surface area contributed by atoms with Crippen molar-refractivity contribution >= 4 is 0 Å². The van der Waals surface area contributed by atoms with Crippen LogP contribution in [0.25, 0.3) is 0 Å². The number of nitrogens with one attached hydrogen (secondary N) is 2. The molecule has 56 valence electrons. The zero-order valence-electron chi connectivity index (χ0n) is 5.96. The zero-order valence-corrected chi connectivity index (χ0v) is 5.96. The molecule has 0 aromatic carbocycles. The highest BCUT2D eigenvalue weighted by atomic mass is 16.3. The van der Waals surface area contributed by atoms with Gasteiger partial charge in [-0.1, -0.05) is 0 Å². The topological polar surface area (TPSA) is 44.3 Å². The molecule has 0 saturated heterocycles. The maximum Gasteiger partial charge on any atom is 0.0887 e. The average molecular weight is 140 g/mol. The second kappa shape index (κ2) is 3.27. The SMILES string of the molecule is CNC1=CC=CNC1CO. The van der Waals surface area contributed by atoms with Gasteiger partial charge < -0.3 is 15.7 Å². The first kappa shape index (κ1) is 7.15. The van der Waals surface area contributed by atoms with E-state index in [9.17, 15) is 0 Å². The fraction of sp³-hybridized carbons (Fsp3) is 0.429. The summed E-state index contributed by atoms with van der Waals surface area (Å²) in [7, 11) is 1.84. The van der Waals surface area contributed by atoms with Crippen LogP contribution in [-0.4, -0.2) is 24.8 Å². The van der Waals surface area contributed by atoms with E-state index in [0.717, 1.165) is 5.70 Å². The average Bonchev–Trinajstić information content (AvgIpc) is 2.04. The van der Waals surface area contributed by atoms with E-state index in [4.69, 9.17) is 5.11 Å². The molecule has 0 fully saturated rings. The van der Waals surface area contributed by atoms with Crippen LogP contribution in [-0.2, 0) is 0 Å². The Bertz CT molecular complexity index is 163. The van der Waals surface area contributed by atoms with Crippen LogP contribution in [0.2, 0.25) is 0 Å². The molecule has 0 aromatic heterocycles. The van der Waals surface area contributed by atoms with Crippen LogP contribution in [0.5, 0.6) is 0 Å². The maximum atomic E-state index is 8.82. The predicted molar refractivity (Wildman–Crippen MR) is 40.3 cm³/mol. The van der Waals surface area contributed by atoms with Crippen molar-refractivity contribution in [3.8, 4) is 0 Å². The molecule has 0 aliphatic carbocycles. The minimum atomic E-state index is 0.0370. The van der Waals surface area contributed by atoms with Gasteiger partial charge in [-0.3, -0.25) is 0 Å². The Hall–Kier alpha value is -0.960. The second-order valence-electron chi connectivity index (χ2n) is 2.13. The van der Waals surface area contributed by atoms with Crippen LogP contribution in [0.3, 0.4) is 0 Å². The Morgan fingerprint density at radius 3 is 3.10 bits per heavy atom. The molecule has 1 heterocycles. The number of likely N-dealkylation sites (N-methyl/N-ethyl adjacent to an activating group) is 1. The van der Waals surface area contributed by atoms with Crippen molar-refractivity contribution in [2.24, 2.45) is 0 Å². The first-order valence-corrected chi connectivity index (χ1v) is 3.30. The molecule has 0 aromatic rings. The van der Waals surface area contributed by atoms with Gasteiger partial charge in [-0.25, -0.2) is 0 Å². The van der Waals surface area contributed by atoms with E-state index >= 15 is 0 Å². The van der Waals surface area contributed by atoms with E-state index in [1.807, 2.05) is 25.4 Å². The maximum absolute atomic E-state index is 8.82. The number of rotatable bonds is 2. The van der Waals surface area contributed by atoms with Crippen molar-refractivity contribution in [2.45, 2.75) is 6.04 Å². The highest BCUT2D eigenvalue weighted by molar-refractivity contribution is 5.21. The van der Waals surface area contributed by atoms with Crippen LogP contribution in [0.4, 0.5) is 0 Å². The summed E-state index contributed by atoms with van der Waals surface area (Å²) >= 11 is 0. The van der Waals surface area contributed by atoms with E-state index in [1.54, 1.807) is 0 Å². The van der Waals surface area contributed by atoms with Crippen LogP contribution in [0.1, 0.15) is 0 Å². The molecule has 3 heteroatoms. The number of dihydropyridines is 1. The highest BCUT2D eigenvalue weighted by Crippen LogP contribution is 2.01. The first-order chi connectivity index (χ1) is 4.88. The highest BCUT2D eigenvalue weighted by Gasteiger charge is 2.10. The van der Waals surface area contributed by atoms with E-state index in [1.165, 1.54) is 0 Å². The van der Waals surface area contributed by atoms with E-state index in [0.29, 0.717) is 0 Å². The number of hydrogen-bond acceptors (Lipinski definition) is 3. The summed E-state index contributed by atoms with van der Waals surface area (Å²) < 4.78 is 0. The lowest BCUT2D eigenvalue weighted by atomic mass is 10.2. The van der Waals surface area contributed by atoms with Crippen molar-refractivity contribution in [1.82, 2.24) is 10.6 Å². The van der Waals surface area contributed by atoms with E-state index in [2.05, 4.69) is 10.6 Å². The molecule has 0 radical (unpaired) electrons. The van der Waals surface area contributed by atoms with Gasteiger partial charge in [-0.2, -0.15) is 0 Å². The number of aliphatic hydroxyl groups is 1. The molecule has 1 atom stereocenters. The molecule has 0 spiro atoms. The summed E-state index contributed by atoms with van der Waals surface area (Å²) in [5.41, 5.74) is 1.02. The summed E-state index contributed by atoms with van der Waals surface area (Å²) in [6.45, 7) is 0.122. The molecule has 1 aliphatic heterocycles. The van der Waals surface area contributed by atoms with Crippen molar-refractivity contribution in [3.05, 3.63) is 24.0 Å². The third-order valence-corrected chi connectivity index (χ3v) is 1.52. The molecule has 0 amide bonds. The Morgan fingerprint density at radius 2 is 2.60 bits per heavy atom. The van der Waals surface area contributed by atoms with Crippen molar-refractivity contribution < 1.29 is 5.11 Å². The standard InChI is InChI=1S/C7H12N2O/c1-8-6-3-2-4-9-7(6)5-10/h2-4,7-10H,5H2,1H3. The normalized spacial score (nSPS) is 23.4. The van der Waals surface area contributed by atoms with Crippen molar-refractivity contribution in [1.29, 1.82) is 0 Å². The van der Waals surface area contributed by atoms with Gasteiger partial charge in [0.1, 0.15) is 0 Å². The van der Waals surface area contributed by atoms with Crippen molar-refractivity contribution in [3.63, 3.8) is 0 Å². The Labute approximate surface area is 60.4 Å². The summed E-state index contributed by atoms with van der Waals surface area (Å²) in [5.74, 6) is 0. The zero-order chi connectivity index (χ0) is 7.40. The second-order valence-corrected chi connectivity index (χ2v) is 2.13. The van der Waals surface area contributed by atoms with Crippen LogP contribution < -0.4 is 10.6 Å². The van der Waals surface area contributed by atoms with Gasteiger partial charge in [0.2, 0.25) is 0 Å². The summed E-state index contributed by atoms with van der Waals surface area (Å²) in [5, 5.41) is 14.8. The minimum absolute atomic E-state index is 0.0370. The molecule has 10 heavy (non-hydrogen) atoms. The van der Waals surface area contributed by atoms with E-state index < -0.39 is 0 Å². The molecule has 3 nitrogen and oxygen atoms in total. The summed E-state index contributed by atoms with van der Waals surface area (Å²) in [6, 6.07) is 0.0370. The fourth-order valence-corrected chi connectivity index (χ4v) is 0.938. The molecule has 1 unspecified atom stereocenters. The summed E-state index contributed by atoms with van der Waals surface area (Å²) in [4.78, 5) is 0. The molecule has 3 N–H and O–H groups in total. The van der Waals surface area contributed by atoms with E-state index in [-0.39, 0.29) is 12.6 Å². The van der Waals surface area contributed by atoms with Gasteiger partial charge in [-0.15, -0.1) is 0 Å². The predicted octanol–water partition coefficient (Wildman–Crippen LogP) is -0.433. The van der Waals surface area contributed by atoms with Crippen LogP contribution in [0, 0.1) is 0 Å². The third-order valence-electron chi connectivity index (χ3n) is 1.52. The Balaban J connectivity index is 2.61. The van der Waals surface area contributed by atoms with Gasteiger partial charge in [0.15, 0.2) is 0 Å². The van der Waals surface area contributed by atoms with Crippen molar-refractivity contribution in [2.75, 3.05) is 13.7 Å². The van der Waals surface area contributed by atoms with Gasteiger partial charge in [-0.05, 0) is 18.4 Å². The lowest BCUT2D eigenvalue weighted by molar-refractivity contribution is 0.263.